The van der Waals surface area contributed by atoms with Gasteiger partial charge in [0.15, 0.2) is 0 Å². The first-order valence-electron chi connectivity index (χ1n) is 3.76. The molecule has 1 aromatic rings. The summed E-state index contributed by atoms with van der Waals surface area (Å²) >= 11 is 10.7. The van der Waals surface area contributed by atoms with Crippen LogP contribution in [0.3, 0.4) is 0 Å². The van der Waals surface area contributed by atoms with E-state index in [1.165, 1.54) is 12.4 Å². The highest BCUT2D eigenvalue weighted by Gasteiger charge is 2.08. The molecule has 0 aliphatic heterocycles. The molecule has 0 saturated heterocycles. The lowest BCUT2D eigenvalue weighted by atomic mass is 10.4. The average molecular weight is 249 g/mol. The zero-order valence-corrected chi connectivity index (χ0v) is 8.84. The number of carbonyl (C=O) groups excluding carboxylic acids is 2. The highest BCUT2D eigenvalue weighted by Crippen LogP contribution is 2.00. The molecule has 0 unspecified atom stereocenters. The first-order chi connectivity index (χ1) is 7.13. The summed E-state index contributed by atoms with van der Waals surface area (Å²) in [7, 11) is 0. The number of nitrogens with zero attached hydrogens (tertiary/aromatic N) is 2. The third kappa shape index (κ3) is 3.69. The van der Waals surface area contributed by atoms with Gasteiger partial charge in [-0.25, -0.2) is 9.97 Å². The van der Waals surface area contributed by atoms with Crippen molar-refractivity contribution >= 4 is 35.0 Å². The number of rotatable bonds is 2. The summed E-state index contributed by atoms with van der Waals surface area (Å²) in [6.45, 7) is 0. The molecule has 1 heterocycles. The second-order valence-corrected chi connectivity index (χ2v) is 3.01. The molecular formula is C7H6Cl2N4O2. The maximum absolute atomic E-state index is 11.3. The zero-order chi connectivity index (χ0) is 11.3. The van der Waals surface area contributed by atoms with Gasteiger partial charge in [-0.3, -0.25) is 20.4 Å². The number of nitrogens with one attached hydrogen (secondary N) is 2. The van der Waals surface area contributed by atoms with E-state index in [0.29, 0.717) is 0 Å². The smallest absolute Gasteiger partial charge is 0.272 e. The van der Waals surface area contributed by atoms with Gasteiger partial charge in [0.2, 0.25) is 0 Å². The first kappa shape index (κ1) is 11.7. The lowest BCUT2D eigenvalue weighted by Gasteiger charge is -2.04. The minimum atomic E-state index is -0.599. The van der Waals surface area contributed by atoms with E-state index in [0.717, 1.165) is 0 Å². The highest BCUT2D eigenvalue weighted by molar-refractivity contribution is 6.29. The van der Waals surface area contributed by atoms with Crippen LogP contribution in [0.25, 0.3) is 0 Å². The molecule has 0 spiro atoms. The summed E-state index contributed by atoms with van der Waals surface area (Å²) in [4.78, 5) is 29.3. The molecule has 2 N–H and O–H groups in total. The van der Waals surface area contributed by atoms with Crippen LogP contribution in [-0.2, 0) is 4.79 Å². The molecule has 0 aromatic carbocycles. The van der Waals surface area contributed by atoms with Gasteiger partial charge in [0.1, 0.15) is 16.7 Å². The first-order valence-corrected chi connectivity index (χ1v) is 4.67. The Morgan fingerprint density at radius 2 is 2.00 bits per heavy atom. The third-order valence-corrected chi connectivity index (χ3v) is 1.73. The summed E-state index contributed by atoms with van der Waals surface area (Å²) in [5, 5.41) is 0.177. The van der Waals surface area contributed by atoms with Crippen molar-refractivity contribution in [3.63, 3.8) is 0 Å². The monoisotopic (exact) mass is 248 g/mol. The van der Waals surface area contributed by atoms with Gasteiger partial charge >= 0.3 is 0 Å². The Morgan fingerprint density at radius 1 is 1.27 bits per heavy atom. The molecule has 80 valence electrons. The van der Waals surface area contributed by atoms with Gasteiger partial charge in [0.05, 0.1) is 12.4 Å². The van der Waals surface area contributed by atoms with Crippen LogP contribution in [0.5, 0.6) is 0 Å². The van der Waals surface area contributed by atoms with Gasteiger partial charge in [-0.2, -0.15) is 0 Å². The Kier molecular flexibility index (Phi) is 4.26. The van der Waals surface area contributed by atoms with Crippen LogP contribution in [0, 0.1) is 0 Å². The number of hydrogen-bond donors (Lipinski definition) is 2. The van der Waals surface area contributed by atoms with Crippen LogP contribution < -0.4 is 10.9 Å². The fraction of sp³-hybridized carbons (Fsp3) is 0.143. The number of amides is 2. The summed E-state index contributed by atoms with van der Waals surface area (Å²) in [6, 6.07) is 0. The predicted octanol–water partition coefficient (Wildman–Crippen LogP) is 0.130. The van der Waals surface area contributed by atoms with Gasteiger partial charge in [-0.05, 0) is 0 Å². The number of halogens is 2. The second kappa shape index (κ2) is 5.47. The maximum atomic E-state index is 11.3. The van der Waals surface area contributed by atoms with Crippen molar-refractivity contribution in [3.8, 4) is 0 Å². The molecule has 0 aliphatic carbocycles. The molecule has 1 rings (SSSR count). The normalized spacial score (nSPS) is 9.47. The molecule has 6 nitrogen and oxygen atoms in total. The standard InChI is InChI=1S/C7H6Cl2N4O2/c8-1-6(14)12-13-7(15)4-2-11-5(9)3-10-4/h2-3H,1H2,(H,12,14)(H,13,15). The maximum Gasteiger partial charge on any atom is 0.289 e. The summed E-state index contributed by atoms with van der Waals surface area (Å²) in [6.07, 6.45) is 2.41. The quantitative estimate of drug-likeness (QED) is 0.576. The number of carbonyl (C=O) groups is 2. The van der Waals surface area contributed by atoms with E-state index in [4.69, 9.17) is 23.2 Å². The Balaban J connectivity index is 2.54. The molecule has 0 saturated carbocycles. The third-order valence-electron chi connectivity index (χ3n) is 1.29. The highest BCUT2D eigenvalue weighted by atomic mass is 35.5. The van der Waals surface area contributed by atoms with E-state index >= 15 is 0 Å². The number of alkyl halides is 1. The van der Waals surface area contributed by atoms with Crippen molar-refractivity contribution in [2.75, 3.05) is 5.88 Å². The van der Waals surface area contributed by atoms with E-state index in [9.17, 15) is 9.59 Å². The van der Waals surface area contributed by atoms with Gasteiger partial charge in [-0.15, -0.1) is 11.6 Å². The molecular weight excluding hydrogens is 243 g/mol. The molecule has 0 fully saturated rings. The van der Waals surface area contributed by atoms with Crippen molar-refractivity contribution in [2.24, 2.45) is 0 Å². The minimum absolute atomic E-state index is 0.0364. The molecule has 0 atom stereocenters. The van der Waals surface area contributed by atoms with Crippen LogP contribution in [0.1, 0.15) is 10.5 Å². The topological polar surface area (TPSA) is 84.0 Å². The Bertz CT molecular complexity index is 368. The Morgan fingerprint density at radius 3 is 2.53 bits per heavy atom. The molecule has 8 heteroatoms. The SMILES string of the molecule is O=C(CCl)NNC(=O)c1cnc(Cl)cn1. The number of hydrazine groups is 1. The summed E-state index contributed by atoms with van der Waals surface area (Å²) in [5.74, 6) is -1.36. The minimum Gasteiger partial charge on any atom is -0.272 e. The van der Waals surface area contributed by atoms with Crippen LogP contribution in [0.2, 0.25) is 5.15 Å². The molecule has 0 bridgehead atoms. The van der Waals surface area contributed by atoms with E-state index in [1.807, 2.05) is 0 Å². The van der Waals surface area contributed by atoms with Crippen LogP contribution in [-0.4, -0.2) is 27.7 Å². The van der Waals surface area contributed by atoms with Crippen molar-refractivity contribution in [3.05, 3.63) is 23.2 Å². The van der Waals surface area contributed by atoms with Crippen molar-refractivity contribution in [1.82, 2.24) is 20.8 Å². The zero-order valence-electron chi connectivity index (χ0n) is 7.33. The van der Waals surface area contributed by atoms with Gasteiger partial charge in [-0.1, -0.05) is 11.6 Å². The van der Waals surface area contributed by atoms with E-state index in [2.05, 4.69) is 20.8 Å². The van der Waals surface area contributed by atoms with Crippen molar-refractivity contribution in [1.29, 1.82) is 0 Å². The molecule has 0 radical (unpaired) electrons. The summed E-state index contributed by atoms with van der Waals surface area (Å²) in [5.41, 5.74) is 4.21. The molecule has 15 heavy (non-hydrogen) atoms. The molecule has 2 amide bonds. The van der Waals surface area contributed by atoms with Crippen LogP contribution in [0.15, 0.2) is 12.4 Å². The van der Waals surface area contributed by atoms with Crippen LogP contribution >= 0.6 is 23.2 Å². The largest absolute Gasteiger partial charge is 0.289 e. The summed E-state index contributed by atoms with van der Waals surface area (Å²) < 4.78 is 0. The van der Waals surface area contributed by atoms with Gasteiger partial charge in [0.25, 0.3) is 11.8 Å². The Labute approximate surface area is 95.0 Å². The lowest BCUT2D eigenvalue weighted by molar-refractivity contribution is -0.119. The van der Waals surface area contributed by atoms with Gasteiger partial charge in [0, 0.05) is 0 Å². The fourth-order valence-corrected chi connectivity index (χ4v) is 0.818. The van der Waals surface area contributed by atoms with Gasteiger partial charge < -0.3 is 0 Å². The Hall–Kier alpha value is -1.40. The van der Waals surface area contributed by atoms with E-state index in [-0.39, 0.29) is 16.7 Å². The fourth-order valence-electron chi connectivity index (χ4n) is 0.653. The van der Waals surface area contributed by atoms with Crippen molar-refractivity contribution in [2.45, 2.75) is 0 Å². The molecule has 1 aromatic heterocycles. The predicted molar refractivity (Wildman–Crippen MR) is 53.4 cm³/mol. The number of aromatic nitrogens is 2. The lowest BCUT2D eigenvalue weighted by Crippen LogP contribution is -2.42. The van der Waals surface area contributed by atoms with Crippen LogP contribution in [0.4, 0.5) is 0 Å². The van der Waals surface area contributed by atoms with Crippen molar-refractivity contribution < 1.29 is 9.59 Å². The second-order valence-electron chi connectivity index (χ2n) is 2.36. The molecule has 0 aliphatic rings. The average Bonchev–Trinajstić information content (AvgIpc) is 2.26. The van der Waals surface area contributed by atoms with E-state index < -0.39 is 11.8 Å². The van der Waals surface area contributed by atoms with E-state index in [1.54, 1.807) is 0 Å². The number of hydrogen-bond acceptors (Lipinski definition) is 4.